The Bertz CT molecular complexity index is 633. The molecular formula is C20H29NO5. The Morgan fingerprint density at radius 1 is 1.19 bits per heavy atom. The smallest absolute Gasteiger partial charge is 0.305 e. The number of aliphatic carboxylic acids is 1. The Labute approximate surface area is 154 Å². The molecule has 26 heavy (non-hydrogen) atoms. The van der Waals surface area contributed by atoms with Crippen LogP contribution < -0.4 is 14.8 Å². The van der Waals surface area contributed by atoms with E-state index in [9.17, 15) is 9.59 Å². The molecule has 0 heterocycles. The molecule has 1 aliphatic carbocycles. The van der Waals surface area contributed by atoms with E-state index in [-0.39, 0.29) is 18.4 Å². The van der Waals surface area contributed by atoms with E-state index in [1.54, 1.807) is 25.3 Å². The Hall–Kier alpha value is -2.24. The van der Waals surface area contributed by atoms with E-state index in [0.29, 0.717) is 29.9 Å². The molecule has 0 radical (unpaired) electrons. The van der Waals surface area contributed by atoms with Gasteiger partial charge in [0.25, 0.3) is 5.91 Å². The molecule has 144 valence electrons. The minimum atomic E-state index is -0.924. The van der Waals surface area contributed by atoms with E-state index in [0.717, 1.165) is 12.8 Å². The van der Waals surface area contributed by atoms with Crippen LogP contribution in [0.2, 0.25) is 0 Å². The lowest BCUT2D eigenvalue weighted by atomic mass is 9.88. The standard InChI is InChI=1S/C20H29NO5/c1-4-20(5-2,13-18(22)23)21-19(24)14-10-11-16(17(12-14)25-3)26-15-8-6-7-9-15/h10-12,15H,4-9,13H2,1-3H3,(H,21,24)(H,22,23). The lowest BCUT2D eigenvalue weighted by Crippen LogP contribution is -2.49. The van der Waals surface area contributed by atoms with Crippen molar-refractivity contribution in [1.29, 1.82) is 0 Å². The van der Waals surface area contributed by atoms with E-state index in [1.807, 2.05) is 13.8 Å². The van der Waals surface area contributed by atoms with Crippen molar-refractivity contribution in [3.05, 3.63) is 23.8 Å². The minimum absolute atomic E-state index is 0.105. The predicted octanol–water partition coefficient (Wildman–Crippen LogP) is 3.78. The topological polar surface area (TPSA) is 84.9 Å². The van der Waals surface area contributed by atoms with Crippen molar-refractivity contribution in [2.24, 2.45) is 0 Å². The third-order valence-corrected chi connectivity index (χ3v) is 5.24. The molecule has 1 fully saturated rings. The van der Waals surface area contributed by atoms with Crippen LogP contribution in [-0.4, -0.2) is 35.7 Å². The van der Waals surface area contributed by atoms with Gasteiger partial charge in [-0.05, 0) is 56.7 Å². The largest absolute Gasteiger partial charge is 0.493 e. The molecule has 0 aromatic heterocycles. The fourth-order valence-corrected chi connectivity index (χ4v) is 3.42. The molecule has 6 heteroatoms. The highest BCUT2D eigenvalue weighted by Crippen LogP contribution is 2.32. The van der Waals surface area contributed by atoms with Gasteiger partial charge in [0.1, 0.15) is 0 Å². The van der Waals surface area contributed by atoms with Gasteiger partial charge in [-0.15, -0.1) is 0 Å². The average Bonchev–Trinajstić information content (AvgIpc) is 3.14. The normalized spacial score (nSPS) is 14.9. The Balaban J connectivity index is 2.16. The van der Waals surface area contributed by atoms with Crippen LogP contribution in [0, 0.1) is 0 Å². The van der Waals surface area contributed by atoms with Gasteiger partial charge in [-0.2, -0.15) is 0 Å². The van der Waals surface area contributed by atoms with Gasteiger partial charge in [0, 0.05) is 5.56 Å². The molecule has 1 aromatic carbocycles. The van der Waals surface area contributed by atoms with Gasteiger partial charge in [-0.3, -0.25) is 9.59 Å². The fourth-order valence-electron chi connectivity index (χ4n) is 3.42. The fraction of sp³-hybridized carbons (Fsp3) is 0.600. The first-order chi connectivity index (χ1) is 12.4. The maximum absolute atomic E-state index is 12.7. The number of carboxylic acid groups (broad SMARTS) is 1. The van der Waals surface area contributed by atoms with Gasteiger partial charge in [0.05, 0.1) is 25.2 Å². The first-order valence-electron chi connectivity index (χ1n) is 9.32. The van der Waals surface area contributed by atoms with Gasteiger partial charge in [0.2, 0.25) is 0 Å². The van der Waals surface area contributed by atoms with Crippen LogP contribution in [0.5, 0.6) is 11.5 Å². The quantitative estimate of drug-likeness (QED) is 0.697. The maximum Gasteiger partial charge on any atom is 0.305 e. The summed E-state index contributed by atoms with van der Waals surface area (Å²) in [6.45, 7) is 3.76. The number of rotatable bonds is 9. The first kappa shape index (κ1) is 20.1. The minimum Gasteiger partial charge on any atom is -0.493 e. The maximum atomic E-state index is 12.7. The Morgan fingerprint density at radius 3 is 2.38 bits per heavy atom. The second-order valence-corrected chi connectivity index (χ2v) is 6.90. The lowest BCUT2D eigenvalue weighted by Gasteiger charge is -2.31. The number of nitrogens with one attached hydrogen (secondary N) is 1. The zero-order valence-electron chi connectivity index (χ0n) is 15.8. The SMILES string of the molecule is CCC(CC)(CC(=O)O)NC(=O)c1ccc(OC2CCCC2)c(OC)c1. The molecule has 0 saturated heterocycles. The number of amides is 1. The molecular weight excluding hydrogens is 334 g/mol. The molecule has 1 saturated carbocycles. The first-order valence-corrected chi connectivity index (χ1v) is 9.32. The summed E-state index contributed by atoms with van der Waals surface area (Å²) >= 11 is 0. The zero-order valence-corrected chi connectivity index (χ0v) is 15.8. The Morgan fingerprint density at radius 2 is 1.85 bits per heavy atom. The number of methoxy groups -OCH3 is 1. The summed E-state index contributed by atoms with van der Waals surface area (Å²) in [6.07, 6.45) is 5.61. The van der Waals surface area contributed by atoms with Crippen molar-refractivity contribution in [3.63, 3.8) is 0 Å². The van der Waals surface area contributed by atoms with E-state index < -0.39 is 11.5 Å². The van der Waals surface area contributed by atoms with Crippen molar-refractivity contribution < 1.29 is 24.2 Å². The highest BCUT2D eigenvalue weighted by molar-refractivity contribution is 5.95. The lowest BCUT2D eigenvalue weighted by molar-refractivity contribution is -0.138. The summed E-state index contributed by atoms with van der Waals surface area (Å²) in [4.78, 5) is 23.9. The molecule has 0 aliphatic heterocycles. The molecule has 0 unspecified atom stereocenters. The summed E-state index contributed by atoms with van der Waals surface area (Å²) in [6, 6.07) is 5.10. The van der Waals surface area contributed by atoms with Crippen molar-refractivity contribution in [1.82, 2.24) is 5.32 Å². The van der Waals surface area contributed by atoms with Gasteiger partial charge < -0.3 is 19.9 Å². The molecule has 1 amide bonds. The summed E-state index contributed by atoms with van der Waals surface area (Å²) in [5.41, 5.74) is -0.327. The number of carboxylic acids is 1. The molecule has 2 rings (SSSR count). The third-order valence-electron chi connectivity index (χ3n) is 5.24. The van der Waals surface area contributed by atoms with Crippen molar-refractivity contribution in [2.75, 3.05) is 7.11 Å². The van der Waals surface area contributed by atoms with Crippen LogP contribution in [0.25, 0.3) is 0 Å². The molecule has 1 aliphatic rings. The van der Waals surface area contributed by atoms with E-state index in [1.165, 1.54) is 12.8 Å². The summed E-state index contributed by atoms with van der Waals surface area (Å²) in [7, 11) is 1.55. The van der Waals surface area contributed by atoms with Crippen molar-refractivity contribution >= 4 is 11.9 Å². The van der Waals surface area contributed by atoms with Crippen LogP contribution in [-0.2, 0) is 4.79 Å². The van der Waals surface area contributed by atoms with E-state index >= 15 is 0 Å². The monoisotopic (exact) mass is 363 g/mol. The number of hydrogen-bond donors (Lipinski definition) is 2. The number of benzene rings is 1. The van der Waals surface area contributed by atoms with Gasteiger partial charge in [-0.1, -0.05) is 13.8 Å². The summed E-state index contributed by atoms with van der Waals surface area (Å²) in [5, 5.41) is 12.1. The number of carbonyl (C=O) groups is 2. The second-order valence-electron chi connectivity index (χ2n) is 6.90. The molecule has 1 aromatic rings. The van der Waals surface area contributed by atoms with Crippen LogP contribution >= 0.6 is 0 Å². The Kier molecular flexibility index (Phi) is 6.89. The molecule has 6 nitrogen and oxygen atoms in total. The van der Waals surface area contributed by atoms with E-state index in [4.69, 9.17) is 14.6 Å². The highest BCUT2D eigenvalue weighted by Gasteiger charge is 2.31. The third kappa shape index (κ3) is 4.90. The van der Waals surface area contributed by atoms with Crippen LogP contribution in [0.3, 0.4) is 0 Å². The van der Waals surface area contributed by atoms with Crippen LogP contribution in [0.1, 0.15) is 69.2 Å². The number of ether oxygens (including phenoxy) is 2. The van der Waals surface area contributed by atoms with Gasteiger partial charge in [-0.25, -0.2) is 0 Å². The van der Waals surface area contributed by atoms with Gasteiger partial charge >= 0.3 is 5.97 Å². The molecule has 0 atom stereocenters. The highest BCUT2D eigenvalue weighted by atomic mass is 16.5. The predicted molar refractivity (Wildman–Crippen MR) is 98.9 cm³/mol. The summed E-state index contributed by atoms with van der Waals surface area (Å²) < 4.78 is 11.4. The van der Waals surface area contributed by atoms with Crippen LogP contribution in [0.4, 0.5) is 0 Å². The zero-order chi connectivity index (χ0) is 19.2. The average molecular weight is 363 g/mol. The molecule has 2 N–H and O–H groups in total. The number of hydrogen-bond acceptors (Lipinski definition) is 4. The molecule has 0 bridgehead atoms. The van der Waals surface area contributed by atoms with E-state index in [2.05, 4.69) is 5.32 Å². The second kappa shape index (κ2) is 8.92. The van der Waals surface area contributed by atoms with Crippen molar-refractivity contribution in [3.8, 4) is 11.5 Å². The van der Waals surface area contributed by atoms with Gasteiger partial charge in [0.15, 0.2) is 11.5 Å². The van der Waals surface area contributed by atoms with Crippen molar-refractivity contribution in [2.45, 2.75) is 70.4 Å². The van der Waals surface area contributed by atoms with Crippen LogP contribution in [0.15, 0.2) is 18.2 Å². The molecule has 0 spiro atoms. The summed E-state index contributed by atoms with van der Waals surface area (Å²) in [5.74, 6) is -0.0762. The number of carbonyl (C=O) groups excluding carboxylic acids is 1.